The highest BCUT2D eigenvalue weighted by Crippen LogP contribution is 2.13. The molecule has 2 aromatic rings. The molecule has 1 N–H and O–H groups in total. The molecule has 2 rings (SSSR count). The van der Waals surface area contributed by atoms with Crippen molar-refractivity contribution >= 4 is 32.4 Å². The van der Waals surface area contributed by atoms with E-state index in [1.54, 1.807) is 24.3 Å². The molecule has 0 spiro atoms. The molecule has 8 heteroatoms. The van der Waals surface area contributed by atoms with Gasteiger partial charge in [-0.15, -0.1) is 0 Å². The van der Waals surface area contributed by atoms with E-state index in [9.17, 15) is 12.6 Å². The van der Waals surface area contributed by atoms with Gasteiger partial charge in [-0.3, -0.25) is 9.19 Å². The third-order valence-electron chi connectivity index (χ3n) is 2.58. The van der Waals surface area contributed by atoms with Crippen molar-refractivity contribution in [3.63, 3.8) is 0 Å². The summed E-state index contributed by atoms with van der Waals surface area (Å²) in [6.45, 7) is 0.0658. The Labute approximate surface area is 130 Å². The van der Waals surface area contributed by atoms with Crippen LogP contribution in [-0.2, 0) is 20.8 Å². The van der Waals surface area contributed by atoms with Crippen LogP contribution in [-0.4, -0.2) is 29.9 Å². The second kappa shape index (κ2) is 7.13. The van der Waals surface area contributed by atoms with Crippen LogP contribution in [0.3, 0.4) is 0 Å². The summed E-state index contributed by atoms with van der Waals surface area (Å²) in [5.41, 5.74) is 0. The molecule has 0 bridgehead atoms. The number of nitrogens with one attached hydrogen (secondary N) is 1. The van der Waals surface area contributed by atoms with Gasteiger partial charge in [-0.2, -0.15) is 0 Å². The predicted molar refractivity (Wildman–Crippen MR) is 82.2 cm³/mol. The van der Waals surface area contributed by atoms with Crippen LogP contribution < -0.4 is 4.72 Å². The first-order chi connectivity index (χ1) is 9.99. The highest BCUT2D eigenvalue weighted by atomic mass is 35.5. The molecule has 0 amide bonds. The molecule has 1 heterocycles. The monoisotopic (exact) mass is 344 g/mol. The summed E-state index contributed by atoms with van der Waals surface area (Å²) in [6, 6.07) is 10.2. The highest BCUT2D eigenvalue weighted by Gasteiger charge is 2.15. The zero-order chi connectivity index (χ0) is 15.3. The lowest BCUT2D eigenvalue weighted by Crippen LogP contribution is -2.28. The number of rotatable bonds is 6. The van der Waals surface area contributed by atoms with E-state index < -0.39 is 20.8 Å². The van der Waals surface area contributed by atoms with Crippen molar-refractivity contribution in [2.75, 3.05) is 12.3 Å². The minimum atomic E-state index is -3.69. The zero-order valence-corrected chi connectivity index (χ0v) is 13.3. The molecule has 1 atom stereocenters. The molecule has 5 nitrogen and oxygen atoms in total. The second-order valence-corrected chi connectivity index (χ2v) is 7.87. The molecule has 0 aliphatic rings. The smallest absolute Gasteiger partial charge is 0.242 e. The molecule has 0 fully saturated rings. The number of pyridine rings is 1. The third kappa shape index (κ3) is 4.60. The van der Waals surface area contributed by atoms with Crippen molar-refractivity contribution in [2.45, 2.75) is 9.79 Å². The van der Waals surface area contributed by atoms with Crippen LogP contribution >= 0.6 is 11.6 Å². The molecule has 112 valence electrons. The lowest BCUT2D eigenvalue weighted by atomic mass is 10.4. The average Bonchev–Trinajstić information content (AvgIpc) is 2.48. The lowest BCUT2D eigenvalue weighted by molar-refractivity contribution is 0.583. The van der Waals surface area contributed by atoms with E-state index in [2.05, 4.69) is 9.71 Å². The van der Waals surface area contributed by atoms with Gasteiger partial charge in [0.05, 0.1) is 15.8 Å². The first kappa shape index (κ1) is 16.1. The fraction of sp³-hybridized carbons (Fsp3) is 0.154. The van der Waals surface area contributed by atoms with Gasteiger partial charge in [-0.05, 0) is 18.2 Å². The summed E-state index contributed by atoms with van der Waals surface area (Å²) < 4.78 is 38.3. The first-order valence-corrected chi connectivity index (χ1v) is 9.21. The highest BCUT2D eigenvalue weighted by molar-refractivity contribution is 7.89. The molecular formula is C13H13ClN2O3S2. The van der Waals surface area contributed by atoms with Gasteiger partial charge in [0.15, 0.2) is 0 Å². The Bertz CT molecular complexity index is 736. The molecule has 1 aromatic heterocycles. The Hall–Kier alpha value is -1.28. The van der Waals surface area contributed by atoms with E-state index in [1.165, 1.54) is 18.5 Å². The van der Waals surface area contributed by atoms with Gasteiger partial charge in [-0.1, -0.05) is 29.8 Å². The van der Waals surface area contributed by atoms with Gasteiger partial charge < -0.3 is 0 Å². The normalized spacial score (nSPS) is 13.0. The van der Waals surface area contributed by atoms with Crippen molar-refractivity contribution in [3.05, 3.63) is 53.8 Å². The Morgan fingerprint density at radius 1 is 1.19 bits per heavy atom. The van der Waals surface area contributed by atoms with Gasteiger partial charge in [0.25, 0.3) is 0 Å². The summed E-state index contributed by atoms with van der Waals surface area (Å²) in [7, 11) is -4.94. The van der Waals surface area contributed by atoms with Crippen LogP contribution in [0, 0.1) is 0 Å². The van der Waals surface area contributed by atoms with Gasteiger partial charge in [0.1, 0.15) is 4.90 Å². The van der Waals surface area contributed by atoms with Crippen molar-refractivity contribution in [1.82, 2.24) is 9.71 Å². The fourth-order valence-electron chi connectivity index (χ4n) is 1.58. The Morgan fingerprint density at radius 2 is 1.90 bits per heavy atom. The number of nitrogens with zero attached hydrogens (tertiary/aromatic N) is 1. The van der Waals surface area contributed by atoms with Crippen LogP contribution in [0.25, 0.3) is 0 Å². The second-order valence-electron chi connectivity index (χ2n) is 4.10. The van der Waals surface area contributed by atoms with E-state index >= 15 is 0 Å². The summed E-state index contributed by atoms with van der Waals surface area (Å²) >= 11 is 5.71. The SMILES string of the molecule is O=[S@](CCNS(=O)(=O)c1cncc(Cl)c1)c1ccccc1. The Morgan fingerprint density at radius 3 is 2.57 bits per heavy atom. The molecule has 0 radical (unpaired) electrons. The average molecular weight is 345 g/mol. The molecule has 0 aliphatic heterocycles. The molecular weight excluding hydrogens is 332 g/mol. The summed E-state index contributed by atoms with van der Waals surface area (Å²) in [5, 5.41) is 0.241. The number of sulfonamides is 1. The molecule has 0 aliphatic carbocycles. The van der Waals surface area contributed by atoms with Crippen molar-refractivity contribution in [2.24, 2.45) is 0 Å². The van der Waals surface area contributed by atoms with Gasteiger partial charge >= 0.3 is 0 Å². The standard InChI is InChI=1S/C13H13ClN2O3S2/c14-11-8-13(10-15-9-11)21(18,19)16-6-7-20(17)12-4-2-1-3-5-12/h1-5,8-10,16H,6-7H2/t20-/m1/s1. The lowest BCUT2D eigenvalue weighted by Gasteiger charge is -2.06. The number of halogens is 1. The summed E-state index contributed by atoms with van der Waals surface area (Å²) in [5.74, 6) is 0.192. The van der Waals surface area contributed by atoms with Gasteiger partial charge in [0.2, 0.25) is 10.0 Å². The maximum absolute atomic E-state index is 12.0. The Balaban J connectivity index is 1.95. The predicted octanol–water partition coefficient (Wildman–Crippen LogP) is 1.82. The van der Waals surface area contributed by atoms with E-state index in [4.69, 9.17) is 11.6 Å². The van der Waals surface area contributed by atoms with Crippen molar-refractivity contribution in [3.8, 4) is 0 Å². The molecule has 0 unspecified atom stereocenters. The maximum atomic E-state index is 12.0. The van der Waals surface area contributed by atoms with E-state index in [-0.39, 0.29) is 22.2 Å². The van der Waals surface area contributed by atoms with Crippen LogP contribution in [0.2, 0.25) is 5.02 Å². The van der Waals surface area contributed by atoms with Crippen LogP contribution in [0.1, 0.15) is 0 Å². The largest absolute Gasteiger partial charge is 0.262 e. The topological polar surface area (TPSA) is 76.1 Å². The van der Waals surface area contributed by atoms with Gasteiger partial charge in [-0.25, -0.2) is 13.1 Å². The quantitative estimate of drug-likeness (QED) is 0.867. The minimum Gasteiger partial charge on any atom is -0.262 e. The molecule has 1 aromatic carbocycles. The van der Waals surface area contributed by atoms with Crippen molar-refractivity contribution < 1.29 is 12.6 Å². The van der Waals surface area contributed by atoms with Crippen LogP contribution in [0.15, 0.2) is 58.6 Å². The first-order valence-electron chi connectivity index (χ1n) is 6.03. The number of hydrogen-bond acceptors (Lipinski definition) is 4. The summed E-state index contributed by atoms with van der Waals surface area (Å²) in [6.07, 6.45) is 2.56. The van der Waals surface area contributed by atoms with Gasteiger partial charge in [0, 0.05) is 29.6 Å². The van der Waals surface area contributed by atoms with Crippen LogP contribution in [0.5, 0.6) is 0 Å². The minimum absolute atomic E-state index is 0.0134. The molecule has 0 saturated heterocycles. The van der Waals surface area contributed by atoms with E-state index in [0.717, 1.165) is 0 Å². The van der Waals surface area contributed by atoms with Crippen LogP contribution in [0.4, 0.5) is 0 Å². The maximum Gasteiger partial charge on any atom is 0.242 e. The number of aromatic nitrogens is 1. The third-order valence-corrected chi connectivity index (χ3v) is 5.58. The van der Waals surface area contributed by atoms with E-state index in [1.807, 2.05) is 6.07 Å². The number of benzene rings is 1. The van der Waals surface area contributed by atoms with Crippen molar-refractivity contribution in [1.29, 1.82) is 0 Å². The van der Waals surface area contributed by atoms with E-state index in [0.29, 0.717) is 4.90 Å². The fourth-order valence-corrected chi connectivity index (χ4v) is 3.95. The molecule has 0 saturated carbocycles. The zero-order valence-electron chi connectivity index (χ0n) is 10.9. The number of hydrogen-bond donors (Lipinski definition) is 1. The summed E-state index contributed by atoms with van der Waals surface area (Å²) in [4.78, 5) is 4.38. The Kier molecular flexibility index (Phi) is 5.46. The molecule has 21 heavy (non-hydrogen) atoms.